The van der Waals surface area contributed by atoms with Crippen molar-refractivity contribution < 1.29 is 46.1 Å². The topological polar surface area (TPSA) is 122 Å². The molecule has 0 aliphatic carbocycles. The van der Waals surface area contributed by atoms with Crippen molar-refractivity contribution >= 4 is 21.7 Å². The van der Waals surface area contributed by atoms with Crippen molar-refractivity contribution in [2.75, 3.05) is 25.0 Å². The number of ether oxygens (including phenoxy) is 2. The van der Waals surface area contributed by atoms with Gasteiger partial charge in [0.2, 0.25) is 0 Å². The first-order valence-corrected chi connectivity index (χ1v) is 12.3. The van der Waals surface area contributed by atoms with Gasteiger partial charge in [0.05, 0.1) is 42.0 Å². The Labute approximate surface area is 211 Å². The van der Waals surface area contributed by atoms with E-state index in [1.165, 1.54) is 55.6 Å². The Morgan fingerprint density at radius 1 is 1.00 bits per heavy atom. The van der Waals surface area contributed by atoms with Gasteiger partial charge in [0.25, 0.3) is 10.0 Å². The second-order valence-electron chi connectivity index (χ2n) is 7.89. The molecule has 0 saturated carbocycles. The molecule has 0 unspecified atom stereocenters. The molecular weight excluding hydrogens is 515 g/mol. The number of benzene rings is 3. The molecule has 0 bridgehead atoms. The molecular formula is C25H24F3NO7S. The van der Waals surface area contributed by atoms with Crippen LogP contribution in [0.2, 0.25) is 0 Å². The van der Waals surface area contributed by atoms with Gasteiger partial charge in [-0.2, -0.15) is 13.2 Å². The number of anilines is 1. The SMILES string of the molecule is COC(=O)c1ccc(COc2cc(C(F)(F)F)ccc2NS(=O)(=O)c2ccccc2C(CO)CO)cc1. The van der Waals surface area contributed by atoms with E-state index in [-0.39, 0.29) is 34.1 Å². The lowest BCUT2D eigenvalue weighted by atomic mass is 10.0. The van der Waals surface area contributed by atoms with Crippen LogP contribution in [0.15, 0.2) is 71.6 Å². The van der Waals surface area contributed by atoms with Crippen LogP contribution >= 0.6 is 0 Å². The average Bonchev–Trinajstić information content (AvgIpc) is 2.88. The normalized spacial score (nSPS) is 11.9. The van der Waals surface area contributed by atoms with E-state index in [2.05, 4.69) is 9.46 Å². The van der Waals surface area contributed by atoms with E-state index in [1.807, 2.05) is 0 Å². The smallest absolute Gasteiger partial charge is 0.416 e. The van der Waals surface area contributed by atoms with Gasteiger partial charge in [-0.1, -0.05) is 30.3 Å². The number of aliphatic hydroxyl groups is 2. The summed E-state index contributed by atoms with van der Waals surface area (Å²) < 4.78 is 78.9. The molecule has 0 atom stereocenters. The van der Waals surface area contributed by atoms with Crippen molar-refractivity contribution in [2.45, 2.75) is 23.6 Å². The van der Waals surface area contributed by atoms with Crippen LogP contribution in [0.3, 0.4) is 0 Å². The number of esters is 1. The maximum atomic E-state index is 13.4. The minimum atomic E-state index is -4.71. The highest BCUT2D eigenvalue weighted by atomic mass is 32.2. The van der Waals surface area contributed by atoms with Crippen LogP contribution in [0.5, 0.6) is 5.75 Å². The monoisotopic (exact) mass is 539 g/mol. The van der Waals surface area contributed by atoms with Gasteiger partial charge in [-0.3, -0.25) is 4.72 Å². The Morgan fingerprint density at radius 3 is 2.24 bits per heavy atom. The molecule has 198 valence electrons. The van der Waals surface area contributed by atoms with Gasteiger partial charge in [-0.25, -0.2) is 13.2 Å². The number of hydrogen-bond acceptors (Lipinski definition) is 7. The fraction of sp³-hybridized carbons (Fsp3) is 0.240. The van der Waals surface area contributed by atoms with E-state index in [0.717, 1.165) is 6.07 Å². The van der Waals surface area contributed by atoms with E-state index in [9.17, 15) is 36.6 Å². The zero-order chi connectivity index (χ0) is 27.2. The zero-order valence-corrected chi connectivity index (χ0v) is 20.3. The van der Waals surface area contributed by atoms with Crippen molar-refractivity contribution in [3.8, 4) is 5.75 Å². The lowest BCUT2D eigenvalue weighted by Crippen LogP contribution is -2.19. The molecule has 0 spiro atoms. The summed E-state index contributed by atoms with van der Waals surface area (Å²) in [5.41, 5.74) is -0.398. The van der Waals surface area contributed by atoms with Crippen molar-refractivity contribution in [1.82, 2.24) is 0 Å². The number of halogens is 3. The number of aliphatic hydroxyl groups excluding tert-OH is 2. The predicted molar refractivity (Wildman–Crippen MR) is 128 cm³/mol. The van der Waals surface area contributed by atoms with E-state index in [1.54, 1.807) is 0 Å². The van der Waals surface area contributed by atoms with Gasteiger partial charge in [0.15, 0.2) is 0 Å². The summed E-state index contributed by atoms with van der Waals surface area (Å²) in [5.74, 6) is -1.83. The second kappa shape index (κ2) is 11.6. The first-order chi connectivity index (χ1) is 17.5. The van der Waals surface area contributed by atoms with Gasteiger partial charge < -0.3 is 19.7 Å². The summed E-state index contributed by atoms with van der Waals surface area (Å²) in [6.45, 7) is -1.27. The van der Waals surface area contributed by atoms with Crippen LogP contribution in [-0.4, -0.2) is 44.9 Å². The van der Waals surface area contributed by atoms with Crippen LogP contribution < -0.4 is 9.46 Å². The van der Waals surface area contributed by atoms with Crippen molar-refractivity contribution in [3.05, 3.63) is 89.0 Å². The molecule has 0 aromatic heterocycles. The molecule has 0 saturated heterocycles. The van der Waals surface area contributed by atoms with Crippen LogP contribution in [0.4, 0.5) is 18.9 Å². The van der Waals surface area contributed by atoms with Crippen LogP contribution in [0.1, 0.15) is 33.0 Å². The fourth-order valence-electron chi connectivity index (χ4n) is 3.44. The zero-order valence-electron chi connectivity index (χ0n) is 19.5. The molecule has 0 heterocycles. The molecule has 3 N–H and O–H groups in total. The van der Waals surface area contributed by atoms with Crippen LogP contribution in [-0.2, 0) is 27.5 Å². The minimum absolute atomic E-state index is 0.139. The first kappa shape index (κ1) is 28.0. The quantitative estimate of drug-likeness (QED) is 0.334. The maximum Gasteiger partial charge on any atom is 0.416 e. The minimum Gasteiger partial charge on any atom is -0.487 e. The predicted octanol–water partition coefficient (Wildman–Crippen LogP) is 3.94. The molecule has 0 amide bonds. The van der Waals surface area contributed by atoms with Crippen molar-refractivity contribution in [2.24, 2.45) is 0 Å². The summed E-state index contributed by atoms with van der Waals surface area (Å²) in [6, 6.07) is 13.9. The van der Waals surface area contributed by atoms with Crippen LogP contribution in [0.25, 0.3) is 0 Å². The maximum absolute atomic E-state index is 13.4. The summed E-state index contributed by atoms with van der Waals surface area (Å²) in [6.07, 6.45) is -4.71. The Kier molecular flexibility index (Phi) is 8.79. The highest BCUT2D eigenvalue weighted by Gasteiger charge is 2.32. The largest absolute Gasteiger partial charge is 0.487 e. The molecule has 3 aromatic rings. The Balaban J connectivity index is 1.94. The standard InChI is InChI=1S/C25H24F3NO7S/c1-35-24(32)17-8-6-16(7-9-17)15-36-22-12-19(25(26,27)28)10-11-21(22)29-37(33,34)23-5-3-2-4-20(23)18(13-30)14-31/h2-12,18,29-31H,13-15H2,1H3. The summed E-state index contributed by atoms with van der Waals surface area (Å²) >= 11 is 0. The van der Waals surface area contributed by atoms with E-state index in [0.29, 0.717) is 17.7 Å². The highest BCUT2D eigenvalue weighted by molar-refractivity contribution is 7.92. The number of rotatable bonds is 10. The third-order valence-corrected chi connectivity index (χ3v) is 6.85. The third kappa shape index (κ3) is 6.79. The van der Waals surface area contributed by atoms with Gasteiger partial charge in [0.1, 0.15) is 12.4 Å². The number of hydrogen-bond donors (Lipinski definition) is 3. The van der Waals surface area contributed by atoms with E-state index >= 15 is 0 Å². The molecule has 3 aromatic carbocycles. The Bertz CT molecular complexity index is 1340. The number of methoxy groups -OCH3 is 1. The van der Waals surface area contributed by atoms with Crippen LogP contribution in [0, 0.1) is 0 Å². The highest BCUT2D eigenvalue weighted by Crippen LogP contribution is 2.37. The molecule has 0 aliphatic rings. The molecule has 0 aliphatic heterocycles. The average molecular weight is 540 g/mol. The van der Waals surface area contributed by atoms with E-state index in [4.69, 9.17) is 4.74 Å². The number of alkyl halides is 3. The molecule has 37 heavy (non-hydrogen) atoms. The number of nitrogens with one attached hydrogen (secondary N) is 1. The van der Waals surface area contributed by atoms with Gasteiger partial charge in [-0.05, 0) is 47.5 Å². The summed E-state index contributed by atoms with van der Waals surface area (Å²) in [5, 5.41) is 19.0. The molecule has 8 nitrogen and oxygen atoms in total. The number of sulfonamides is 1. The van der Waals surface area contributed by atoms with Gasteiger partial charge in [-0.15, -0.1) is 0 Å². The first-order valence-electron chi connectivity index (χ1n) is 10.8. The second-order valence-corrected chi connectivity index (χ2v) is 9.54. The summed E-state index contributed by atoms with van der Waals surface area (Å²) in [7, 11) is -3.14. The summed E-state index contributed by atoms with van der Waals surface area (Å²) in [4.78, 5) is 11.3. The van der Waals surface area contributed by atoms with E-state index < -0.39 is 46.9 Å². The lowest BCUT2D eigenvalue weighted by molar-refractivity contribution is -0.137. The molecule has 0 fully saturated rings. The van der Waals surface area contributed by atoms with Gasteiger partial charge >= 0.3 is 12.1 Å². The Hall–Kier alpha value is -3.61. The Morgan fingerprint density at radius 2 is 1.65 bits per heavy atom. The molecule has 12 heteroatoms. The number of carbonyl (C=O) groups is 1. The molecule has 3 rings (SSSR count). The van der Waals surface area contributed by atoms with Crippen molar-refractivity contribution in [3.63, 3.8) is 0 Å². The van der Waals surface area contributed by atoms with Gasteiger partial charge in [0, 0.05) is 5.92 Å². The molecule has 0 radical (unpaired) electrons. The fourth-order valence-corrected chi connectivity index (χ4v) is 4.81. The van der Waals surface area contributed by atoms with Crippen molar-refractivity contribution in [1.29, 1.82) is 0 Å². The third-order valence-electron chi connectivity index (χ3n) is 5.41. The lowest BCUT2D eigenvalue weighted by Gasteiger charge is -2.19. The number of carbonyl (C=O) groups excluding carboxylic acids is 1.